The maximum Gasteiger partial charge on any atom is 0.0562 e. The summed E-state index contributed by atoms with van der Waals surface area (Å²) in [6.07, 6.45) is 4.51. The third kappa shape index (κ3) is 3.86. The SMILES string of the molecule is C=C(C)CN(C)c1ccnc(CNC2CC2)c1. The van der Waals surface area contributed by atoms with Crippen LogP contribution in [0.2, 0.25) is 0 Å². The van der Waals surface area contributed by atoms with Crippen LogP contribution in [0.1, 0.15) is 25.5 Å². The fraction of sp³-hybridized carbons (Fsp3) is 0.500. The lowest BCUT2D eigenvalue weighted by molar-refractivity contribution is 0.674. The highest BCUT2D eigenvalue weighted by molar-refractivity contribution is 5.46. The molecule has 0 atom stereocenters. The van der Waals surface area contributed by atoms with Crippen LogP contribution < -0.4 is 10.2 Å². The molecule has 17 heavy (non-hydrogen) atoms. The van der Waals surface area contributed by atoms with Gasteiger partial charge in [0, 0.05) is 38.1 Å². The number of nitrogens with one attached hydrogen (secondary N) is 1. The molecule has 0 aliphatic heterocycles. The molecule has 0 saturated heterocycles. The lowest BCUT2D eigenvalue weighted by Gasteiger charge is -2.19. The van der Waals surface area contributed by atoms with Gasteiger partial charge in [0.1, 0.15) is 0 Å². The first-order valence-electron chi connectivity index (χ1n) is 6.19. The van der Waals surface area contributed by atoms with E-state index in [0.29, 0.717) is 0 Å². The number of rotatable bonds is 6. The molecule has 1 saturated carbocycles. The van der Waals surface area contributed by atoms with Crippen LogP contribution >= 0.6 is 0 Å². The van der Waals surface area contributed by atoms with Gasteiger partial charge in [-0.05, 0) is 31.9 Å². The van der Waals surface area contributed by atoms with Crippen molar-refractivity contribution in [3.63, 3.8) is 0 Å². The predicted molar refractivity (Wildman–Crippen MR) is 72.2 cm³/mol. The molecule has 1 aliphatic carbocycles. The molecule has 1 aliphatic rings. The minimum absolute atomic E-state index is 0.730. The van der Waals surface area contributed by atoms with E-state index in [4.69, 9.17) is 0 Å². The van der Waals surface area contributed by atoms with E-state index in [1.54, 1.807) is 0 Å². The molecule has 3 heteroatoms. The summed E-state index contributed by atoms with van der Waals surface area (Å²) in [6, 6.07) is 4.93. The fourth-order valence-electron chi connectivity index (χ4n) is 1.83. The summed E-state index contributed by atoms with van der Waals surface area (Å²) in [7, 11) is 2.09. The van der Waals surface area contributed by atoms with Crippen LogP contribution in [0.25, 0.3) is 0 Å². The second kappa shape index (κ2) is 5.32. The van der Waals surface area contributed by atoms with Crippen LogP contribution in [-0.4, -0.2) is 24.6 Å². The largest absolute Gasteiger partial charge is 0.371 e. The molecule has 0 radical (unpaired) electrons. The molecule has 1 aromatic rings. The van der Waals surface area contributed by atoms with Crippen LogP contribution in [0.5, 0.6) is 0 Å². The van der Waals surface area contributed by atoms with Gasteiger partial charge in [0.15, 0.2) is 0 Å². The minimum Gasteiger partial charge on any atom is -0.371 e. The van der Waals surface area contributed by atoms with Crippen LogP contribution in [-0.2, 0) is 6.54 Å². The smallest absolute Gasteiger partial charge is 0.0562 e. The van der Waals surface area contributed by atoms with Crippen LogP contribution in [0.3, 0.4) is 0 Å². The zero-order valence-electron chi connectivity index (χ0n) is 10.7. The van der Waals surface area contributed by atoms with Gasteiger partial charge in [0.25, 0.3) is 0 Å². The second-order valence-electron chi connectivity index (χ2n) is 4.97. The van der Waals surface area contributed by atoms with Gasteiger partial charge in [-0.2, -0.15) is 0 Å². The van der Waals surface area contributed by atoms with Crippen molar-refractivity contribution in [2.75, 3.05) is 18.5 Å². The number of aromatic nitrogens is 1. The highest BCUT2D eigenvalue weighted by Gasteiger charge is 2.20. The maximum atomic E-state index is 4.39. The summed E-state index contributed by atoms with van der Waals surface area (Å²) in [6.45, 7) is 7.75. The Labute approximate surface area is 104 Å². The number of anilines is 1. The number of likely N-dealkylation sites (N-methyl/N-ethyl adjacent to an activating group) is 1. The third-order valence-corrected chi connectivity index (χ3v) is 2.90. The highest BCUT2D eigenvalue weighted by atomic mass is 15.1. The zero-order chi connectivity index (χ0) is 12.3. The lowest BCUT2D eigenvalue weighted by Crippen LogP contribution is -2.20. The van der Waals surface area contributed by atoms with Gasteiger partial charge in [0.2, 0.25) is 0 Å². The molecular weight excluding hydrogens is 210 g/mol. The summed E-state index contributed by atoms with van der Waals surface area (Å²) in [4.78, 5) is 6.59. The Hall–Kier alpha value is -1.35. The number of hydrogen-bond acceptors (Lipinski definition) is 3. The van der Waals surface area contributed by atoms with E-state index >= 15 is 0 Å². The Bertz CT molecular complexity index is 396. The van der Waals surface area contributed by atoms with Gasteiger partial charge < -0.3 is 10.2 Å². The van der Waals surface area contributed by atoms with E-state index in [0.717, 1.165) is 24.8 Å². The van der Waals surface area contributed by atoms with E-state index in [1.165, 1.54) is 24.1 Å². The van der Waals surface area contributed by atoms with Gasteiger partial charge in [-0.3, -0.25) is 4.98 Å². The van der Waals surface area contributed by atoms with E-state index in [2.05, 4.69) is 34.9 Å². The van der Waals surface area contributed by atoms with Gasteiger partial charge in [0.05, 0.1) is 5.69 Å². The molecule has 0 spiro atoms. The third-order valence-electron chi connectivity index (χ3n) is 2.90. The first-order valence-corrected chi connectivity index (χ1v) is 6.19. The molecule has 1 aromatic heterocycles. The van der Waals surface area contributed by atoms with E-state index in [1.807, 2.05) is 19.2 Å². The predicted octanol–water partition coefficient (Wildman–Crippen LogP) is 2.35. The first kappa shape index (κ1) is 12.1. The Kier molecular flexibility index (Phi) is 3.79. The Morgan fingerprint density at radius 1 is 1.59 bits per heavy atom. The molecule has 1 fully saturated rings. The van der Waals surface area contributed by atoms with E-state index in [9.17, 15) is 0 Å². The van der Waals surface area contributed by atoms with Crippen LogP contribution in [0.4, 0.5) is 5.69 Å². The van der Waals surface area contributed by atoms with Crippen molar-refractivity contribution in [3.8, 4) is 0 Å². The molecule has 1 heterocycles. The van der Waals surface area contributed by atoms with Crippen LogP contribution in [0.15, 0.2) is 30.5 Å². The lowest BCUT2D eigenvalue weighted by atomic mass is 10.2. The summed E-state index contributed by atoms with van der Waals surface area (Å²) >= 11 is 0. The molecule has 2 rings (SSSR count). The Morgan fingerprint density at radius 2 is 2.35 bits per heavy atom. The normalized spacial score (nSPS) is 14.7. The topological polar surface area (TPSA) is 28.2 Å². The van der Waals surface area contributed by atoms with Crippen molar-refractivity contribution in [2.45, 2.75) is 32.4 Å². The van der Waals surface area contributed by atoms with Crippen molar-refractivity contribution in [3.05, 3.63) is 36.2 Å². The van der Waals surface area contributed by atoms with Crippen molar-refractivity contribution in [2.24, 2.45) is 0 Å². The molecule has 3 nitrogen and oxygen atoms in total. The average molecular weight is 231 g/mol. The molecule has 1 N–H and O–H groups in total. The van der Waals surface area contributed by atoms with Crippen molar-refractivity contribution in [1.29, 1.82) is 0 Å². The summed E-state index contributed by atoms with van der Waals surface area (Å²) in [5.74, 6) is 0. The quantitative estimate of drug-likeness (QED) is 0.762. The van der Waals surface area contributed by atoms with E-state index in [-0.39, 0.29) is 0 Å². The Balaban J connectivity index is 1.96. The van der Waals surface area contributed by atoms with Gasteiger partial charge >= 0.3 is 0 Å². The molecule has 0 bridgehead atoms. The summed E-state index contributed by atoms with van der Waals surface area (Å²) in [5, 5.41) is 3.48. The highest BCUT2D eigenvalue weighted by Crippen LogP contribution is 2.20. The van der Waals surface area contributed by atoms with E-state index < -0.39 is 0 Å². The van der Waals surface area contributed by atoms with Crippen molar-refractivity contribution >= 4 is 5.69 Å². The van der Waals surface area contributed by atoms with Gasteiger partial charge in [-0.25, -0.2) is 0 Å². The molecule has 0 amide bonds. The standard InChI is InChI=1S/C14H21N3/c1-11(2)10-17(3)14-6-7-15-13(8-14)9-16-12-4-5-12/h6-8,12,16H,1,4-5,9-10H2,2-3H3. The Morgan fingerprint density at radius 3 is 3.00 bits per heavy atom. The first-order chi connectivity index (χ1) is 8.15. The number of hydrogen-bond donors (Lipinski definition) is 1. The van der Waals surface area contributed by atoms with Crippen LogP contribution in [0, 0.1) is 0 Å². The molecule has 0 aromatic carbocycles. The fourth-order valence-corrected chi connectivity index (χ4v) is 1.83. The minimum atomic E-state index is 0.730. The summed E-state index contributed by atoms with van der Waals surface area (Å²) in [5.41, 5.74) is 3.49. The van der Waals surface area contributed by atoms with Gasteiger partial charge in [-0.1, -0.05) is 12.2 Å². The van der Waals surface area contributed by atoms with Crippen molar-refractivity contribution < 1.29 is 0 Å². The zero-order valence-corrected chi connectivity index (χ0v) is 10.7. The maximum absolute atomic E-state index is 4.39. The average Bonchev–Trinajstić information content (AvgIpc) is 3.10. The number of pyridine rings is 1. The monoisotopic (exact) mass is 231 g/mol. The second-order valence-corrected chi connectivity index (χ2v) is 4.97. The molecular formula is C14H21N3. The van der Waals surface area contributed by atoms with Crippen molar-refractivity contribution in [1.82, 2.24) is 10.3 Å². The number of nitrogens with zero attached hydrogens (tertiary/aromatic N) is 2. The molecule has 0 unspecified atom stereocenters. The molecule has 92 valence electrons. The summed E-state index contributed by atoms with van der Waals surface area (Å²) < 4.78 is 0. The van der Waals surface area contributed by atoms with Gasteiger partial charge in [-0.15, -0.1) is 0 Å².